The molecule has 0 spiro atoms. The van der Waals surface area contributed by atoms with Crippen molar-refractivity contribution in [2.75, 3.05) is 38.2 Å². The average Bonchev–Trinajstić information content (AvgIpc) is 2.62. The normalized spacial score (nSPS) is 16.0. The molecule has 134 valence electrons. The number of methoxy groups -OCH3 is 1. The standard InChI is InChI=1S/C17H18BrClN2O3S/c1-24-16-7-2-13(18)12-17(16)25(22,23)21-10-8-20(9-11-21)15-5-3-14(19)4-6-15/h2-7,12H,8-11H2,1H3. The molecule has 8 heteroatoms. The largest absolute Gasteiger partial charge is 0.495 e. The zero-order chi connectivity index (χ0) is 18.0. The van der Waals surface area contributed by atoms with Gasteiger partial charge < -0.3 is 9.64 Å². The monoisotopic (exact) mass is 444 g/mol. The molecule has 1 saturated heterocycles. The molecule has 0 amide bonds. The smallest absolute Gasteiger partial charge is 0.246 e. The highest BCUT2D eigenvalue weighted by Gasteiger charge is 2.31. The second kappa shape index (κ2) is 7.53. The predicted molar refractivity (Wildman–Crippen MR) is 103 cm³/mol. The Labute approximate surface area is 161 Å². The summed E-state index contributed by atoms with van der Waals surface area (Å²) >= 11 is 9.25. The molecular formula is C17H18BrClN2O3S. The molecule has 0 bridgehead atoms. The van der Waals surface area contributed by atoms with Crippen molar-refractivity contribution in [3.05, 3.63) is 52.0 Å². The van der Waals surface area contributed by atoms with E-state index in [1.807, 2.05) is 24.3 Å². The number of rotatable bonds is 4. The zero-order valence-electron chi connectivity index (χ0n) is 13.7. The van der Waals surface area contributed by atoms with Gasteiger partial charge in [-0.15, -0.1) is 0 Å². The number of hydrogen-bond acceptors (Lipinski definition) is 4. The Bertz CT molecular complexity index is 851. The number of piperazine rings is 1. The number of sulfonamides is 1. The molecule has 25 heavy (non-hydrogen) atoms. The van der Waals surface area contributed by atoms with E-state index in [2.05, 4.69) is 20.8 Å². The Morgan fingerprint density at radius 3 is 2.28 bits per heavy atom. The van der Waals surface area contributed by atoms with Crippen molar-refractivity contribution in [2.45, 2.75) is 4.90 Å². The molecule has 1 aliphatic rings. The summed E-state index contributed by atoms with van der Waals surface area (Å²) in [4.78, 5) is 2.34. The lowest BCUT2D eigenvalue weighted by atomic mass is 10.2. The van der Waals surface area contributed by atoms with Crippen LogP contribution in [0.2, 0.25) is 5.02 Å². The van der Waals surface area contributed by atoms with Gasteiger partial charge in [0.2, 0.25) is 10.0 Å². The molecule has 3 rings (SSSR count). The Morgan fingerprint density at radius 2 is 1.68 bits per heavy atom. The van der Waals surface area contributed by atoms with Crippen molar-refractivity contribution in [1.29, 1.82) is 0 Å². The highest BCUT2D eigenvalue weighted by atomic mass is 79.9. The van der Waals surface area contributed by atoms with Crippen molar-refractivity contribution in [3.63, 3.8) is 0 Å². The van der Waals surface area contributed by atoms with Crippen LogP contribution in [-0.2, 0) is 10.0 Å². The van der Waals surface area contributed by atoms with Crippen molar-refractivity contribution in [1.82, 2.24) is 4.31 Å². The molecule has 0 N–H and O–H groups in total. The summed E-state index contributed by atoms with van der Waals surface area (Å²) in [7, 11) is -2.14. The van der Waals surface area contributed by atoms with Crippen LogP contribution in [0.15, 0.2) is 51.8 Å². The SMILES string of the molecule is COc1ccc(Br)cc1S(=O)(=O)N1CCN(c2ccc(Cl)cc2)CC1. The molecule has 0 unspecified atom stereocenters. The topological polar surface area (TPSA) is 49.9 Å². The minimum absolute atomic E-state index is 0.185. The third kappa shape index (κ3) is 3.95. The zero-order valence-corrected chi connectivity index (χ0v) is 16.8. The molecule has 0 aliphatic carbocycles. The Hall–Kier alpha value is -1.28. The molecule has 0 atom stereocenters. The van der Waals surface area contributed by atoms with E-state index in [0.717, 1.165) is 5.69 Å². The van der Waals surface area contributed by atoms with E-state index in [1.165, 1.54) is 11.4 Å². The first-order valence-corrected chi connectivity index (χ1v) is 10.4. The number of benzene rings is 2. The maximum absolute atomic E-state index is 13.0. The first-order chi connectivity index (χ1) is 11.9. The number of halogens is 2. The van der Waals surface area contributed by atoms with Crippen LogP contribution in [0, 0.1) is 0 Å². The molecule has 1 aliphatic heterocycles. The van der Waals surface area contributed by atoms with Crippen LogP contribution in [0.1, 0.15) is 0 Å². The van der Waals surface area contributed by atoms with Crippen molar-refractivity contribution >= 4 is 43.2 Å². The average molecular weight is 446 g/mol. The molecule has 0 radical (unpaired) electrons. The molecule has 2 aromatic rings. The van der Waals surface area contributed by atoms with Crippen LogP contribution in [0.25, 0.3) is 0 Å². The summed E-state index contributed by atoms with van der Waals surface area (Å²) < 4.78 is 33.4. The number of nitrogens with zero attached hydrogens (tertiary/aromatic N) is 2. The van der Waals surface area contributed by atoms with Crippen molar-refractivity contribution in [3.8, 4) is 5.75 Å². The fourth-order valence-corrected chi connectivity index (χ4v) is 5.07. The van der Waals surface area contributed by atoms with Gasteiger partial charge in [-0.05, 0) is 42.5 Å². The van der Waals surface area contributed by atoms with Gasteiger partial charge in [-0.3, -0.25) is 0 Å². The number of ether oxygens (including phenoxy) is 1. The minimum Gasteiger partial charge on any atom is -0.495 e. The highest BCUT2D eigenvalue weighted by Crippen LogP contribution is 2.30. The summed E-state index contributed by atoms with van der Waals surface area (Å²) in [6.45, 7) is 2.08. The maximum Gasteiger partial charge on any atom is 0.246 e. The van der Waals surface area contributed by atoms with Gasteiger partial charge in [-0.1, -0.05) is 27.5 Å². The van der Waals surface area contributed by atoms with Crippen LogP contribution in [-0.4, -0.2) is 46.0 Å². The van der Waals surface area contributed by atoms with E-state index in [0.29, 0.717) is 41.4 Å². The van der Waals surface area contributed by atoms with E-state index in [4.69, 9.17) is 16.3 Å². The molecule has 0 aromatic heterocycles. The fraction of sp³-hybridized carbons (Fsp3) is 0.294. The third-order valence-electron chi connectivity index (χ3n) is 4.17. The van der Waals surface area contributed by atoms with Crippen LogP contribution < -0.4 is 9.64 Å². The van der Waals surface area contributed by atoms with Crippen molar-refractivity contribution < 1.29 is 13.2 Å². The van der Waals surface area contributed by atoms with Gasteiger partial charge in [0, 0.05) is 41.4 Å². The lowest BCUT2D eigenvalue weighted by Gasteiger charge is -2.35. The first kappa shape index (κ1) is 18.5. The summed E-state index contributed by atoms with van der Waals surface area (Å²) in [5.41, 5.74) is 1.04. The lowest BCUT2D eigenvalue weighted by molar-refractivity contribution is 0.374. The van der Waals surface area contributed by atoms with Gasteiger partial charge in [0.25, 0.3) is 0 Å². The van der Waals surface area contributed by atoms with Crippen LogP contribution in [0.4, 0.5) is 5.69 Å². The molecule has 1 fully saturated rings. The summed E-state index contributed by atoms with van der Waals surface area (Å²) in [5.74, 6) is 0.350. The minimum atomic E-state index is -3.61. The molecule has 5 nitrogen and oxygen atoms in total. The maximum atomic E-state index is 13.0. The Balaban J connectivity index is 1.78. The van der Waals surface area contributed by atoms with E-state index in [-0.39, 0.29) is 4.90 Å². The second-order valence-electron chi connectivity index (χ2n) is 5.66. The van der Waals surface area contributed by atoms with E-state index < -0.39 is 10.0 Å². The van der Waals surface area contributed by atoms with Crippen molar-refractivity contribution in [2.24, 2.45) is 0 Å². The molecule has 1 heterocycles. The van der Waals surface area contributed by atoms with E-state index in [1.54, 1.807) is 18.2 Å². The van der Waals surface area contributed by atoms with Gasteiger partial charge in [-0.25, -0.2) is 8.42 Å². The third-order valence-corrected chi connectivity index (χ3v) is 6.84. The molecule has 2 aromatic carbocycles. The Morgan fingerprint density at radius 1 is 1.04 bits per heavy atom. The van der Waals surface area contributed by atoms with Crippen LogP contribution >= 0.6 is 27.5 Å². The van der Waals surface area contributed by atoms with Gasteiger partial charge in [0.15, 0.2) is 0 Å². The van der Waals surface area contributed by atoms with E-state index >= 15 is 0 Å². The first-order valence-electron chi connectivity index (χ1n) is 7.76. The number of anilines is 1. The quantitative estimate of drug-likeness (QED) is 0.721. The van der Waals surface area contributed by atoms with Gasteiger partial charge in [-0.2, -0.15) is 4.31 Å². The van der Waals surface area contributed by atoms with Crippen LogP contribution in [0.3, 0.4) is 0 Å². The summed E-state index contributed by atoms with van der Waals surface area (Å²) in [6, 6.07) is 12.6. The van der Waals surface area contributed by atoms with Gasteiger partial charge in [0.1, 0.15) is 10.6 Å². The van der Waals surface area contributed by atoms with Crippen LogP contribution in [0.5, 0.6) is 5.75 Å². The summed E-state index contributed by atoms with van der Waals surface area (Å²) in [5, 5.41) is 0.687. The summed E-state index contributed by atoms with van der Waals surface area (Å²) in [6.07, 6.45) is 0. The van der Waals surface area contributed by atoms with Gasteiger partial charge >= 0.3 is 0 Å². The predicted octanol–water partition coefficient (Wildman–Crippen LogP) is 3.62. The lowest BCUT2D eigenvalue weighted by Crippen LogP contribution is -2.48. The Kier molecular flexibility index (Phi) is 5.58. The molecule has 0 saturated carbocycles. The van der Waals surface area contributed by atoms with Gasteiger partial charge in [0.05, 0.1) is 7.11 Å². The fourth-order valence-electron chi connectivity index (χ4n) is 2.83. The van der Waals surface area contributed by atoms with E-state index in [9.17, 15) is 8.42 Å². The highest BCUT2D eigenvalue weighted by molar-refractivity contribution is 9.10. The molecular weight excluding hydrogens is 428 g/mol. The second-order valence-corrected chi connectivity index (χ2v) is 8.92. The number of hydrogen-bond donors (Lipinski definition) is 0.